The summed E-state index contributed by atoms with van der Waals surface area (Å²) in [6.07, 6.45) is -4.95. The molecule has 2 aromatic rings. The Bertz CT molecular complexity index is 781. The fourth-order valence-corrected chi connectivity index (χ4v) is 2.00. The molecule has 0 radical (unpaired) electrons. The number of aryl methyl sites for hydroxylation is 1. The lowest BCUT2D eigenvalue weighted by Gasteiger charge is -2.16. The Balaban J connectivity index is 2.95. The van der Waals surface area contributed by atoms with Crippen LogP contribution in [0.3, 0.4) is 0 Å². The molecule has 0 amide bonds. The second kappa shape index (κ2) is 4.87. The SMILES string of the molecule is Cc1ccc2c(c1)nc(C(F)(F)F)c(=O)n2C(C)C(=O)O. The maximum absolute atomic E-state index is 12.9. The van der Waals surface area contributed by atoms with Crippen LogP contribution in [-0.2, 0) is 11.0 Å². The van der Waals surface area contributed by atoms with Gasteiger partial charge in [-0.1, -0.05) is 6.07 Å². The highest BCUT2D eigenvalue weighted by atomic mass is 19.4. The van der Waals surface area contributed by atoms with Crippen LogP contribution in [-0.4, -0.2) is 20.6 Å². The number of aliphatic carboxylic acids is 1. The van der Waals surface area contributed by atoms with Gasteiger partial charge in [0.05, 0.1) is 11.0 Å². The second-order valence-corrected chi connectivity index (χ2v) is 4.64. The third kappa shape index (κ3) is 2.61. The van der Waals surface area contributed by atoms with Crippen molar-refractivity contribution in [2.75, 3.05) is 0 Å². The van der Waals surface area contributed by atoms with E-state index in [4.69, 9.17) is 5.11 Å². The number of halogens is 3. The van der Waals surface area contributed by atoms with Crippen LogP contribution in [0.2, 0.25) is 0 Å². The van der Waals surface area contributed by atoms with Crippen molar-refractivity contribution in [3.05, 3.63) is 39.8 Å². The van der Waals surface area contributed by atoms with Crippen LogP contribution < -0.4 is 5.56 Å². The lowest BCUT2D eigenvalue weighted by molar-refractivity contribution is -0.144. The Morgan fingerprint density at radius 1 is 1.38 bits per heavy atom. The Hall–Kier alpha value is -2.38. The van der Waals surface area contributed by atoms with Crippen LogP contribution >= 0.6 is 0 Å². The Morgan fingerprint density at radius 2 is 2.00 bits per heavy atom. The van der Waals surface area contributed by atoms with E-state index in [2.05, 4.69) is 4.98 Å². The molecule has 8 heteroatoms. The second-order valence-electron chi connectivity index (χ2n) is 4.64. The van der Waals surface area contributed by atoms with Gasteiger partial charge in [-0.25, -0.2) is 9.78 Å². The molecule has 0 aliphatic carbocycles. The number of rotatable bonds is 2. The molecule has 21 heavy (non-hydrogen) atoms. The van der Waals surface area contributed by atoms with E-state index in [0.717, 1.165) is 6.92 Å². The molecule has 0 aliphatic heterocycles. The zero-order valence-corrected chi connectivity index (χ0v) is 11.1. The number of hydrogen-bond acceptors (Lipinski definition) is 3. The van der Waals surface area contributed by atoms with E-state index >= 15 is 0 Å². The molecule has 1 aromatic heterocycles. The van der Waals surface area contributed by atoms with Crippen molar-refractivity contribution in [1.29, 1.82) is 0 Å². The summed E-state index contributed by atoms with van der Waals surface area (Å²) in [5.41, 5.74) is -2.46. The third-order valence-electron chi connectivity index (χ3n) is 3.06. The molecular weight excluding hydrogens is 289 g/mol. The monoisotopic (exact) mass is 300 g/mol. The number of nitrogens with zero attached hydrogens (tertiary/aromatic N) is 2. The van der Waals surface area contributed by atoms with Crippen LogP contribution in [0.1, 0.15) is 24.2 Å². The minimum Gasteiger partial charge on any atom is -0.480 e. The van der Waals surface area contributed by atoms with E-state index in [1.54, 1.807) is 13.0 Å². The van der Waals surface area contributed by atoms with Gasteiger partial charge in [-0.05, 0) is 31.5 Å². The maximum atomic E-state index is 12.9. The molecule has 5 nitrogen and oxygen atoms in total. The van der Waals surface area contributed by atoms with Crippen LogP contribution in [0.5, 0.6) is 0 Å². The lowest BCUT2D eigenvalue weighted by Crippen LogP contribution is -2.34. The topological polar surface area (TPSA) is 72.2 Å². The predicted molar refractivity (Wildman–Crippen MR) is 68.1 cm³/mol. The van der Waals surface area contributed by atoms with Crippen molar-refractivity contribution >= 4 is 17.0 Å². The van der Waals surface area contributed by atoms with Crippen LogP contribution in [0.4, 0.5) is 13.2 Å². The maximum Gasteiger partial charge on any atom is 0.438 e. The average Bonchev–Trinajstić information content (AvgIpc) is 2.36. The van der Waals surface area contributed by atoms with Gasteiger partial charge in [0, 0.05) is 0 Å². The normalized spacial score (nSPS) is 13.4. The highest BCUT2D eigenvalue weighted by Gasteiger charge is 2.38. The van der Waals surface area contributed by atoms with E-state index in [-0.39, 0.29) is 11.0 Å². The summed E-state index contributed by atoms with van der Waals surface area (Å²) in [7, 11) is 0. The van der Waals surface area contributed by atoms with Crippen molar-refractivity contribution in [3.63, 3.8) is 0 Å². The highest BCUT2D eigenvalue weighted by molar-refractivity contribution is 5.79. The molecule has 2 rings (SSSR count). The van der Waals surface area contributed by atoms with E-state index < -0.39 is 29.4 Å². The molecule has 1 aromatic carbocycles. The summed E-state index contributed by atoms with van der Waals surface area (Å²) in [5.74, 6) is -1.40. The van der Waals surface area contributed by atoms with Crippen LogP contribution in [0.25, 0.3) is 11.0 Å². The molecule has 1 atom stereocenters. The van der Waals surface area contributed by atoms with Crippen molar-refractivity contribution in [3.8, 4) is 0 Å². The Morgan fingerprint density at radius 3 is 2.52 bits per heavy atom. The number of fused-ring (bicyclic) bond motifs is 1. The van der Waals surface area contributed by atoms with E-state index in [0.29, 0.717) is 10.1 Å². The van der Waals surface area contributed by atoms with Gasteiger partial charge in [-0.15, -0.1) is 0 Å². The molecule has 0 aliphatic rings. The summed E-state index contributed by atoms with van der Waals surface area (Å²) in [6, 6.07) is 2.89. The van der Waals surface area contributed by atoms with Gasteiger partial charge >= 0.3 is 12.1 Å². The van der Waals surface area contributed by atoms with Crippen LogP contribution in [0, 0.1) is 6.92 Å². The van der Waals surface area contributed by atoms with E-state index in [1.165, 1.54) is 12.1 Å². The van der Waals surface area contributed by atoms with Gasteiger partial charge < -0.3 is 5.11 Å². The predicted octanol–water partition coefficient (Wildman–Crippen LogP) is 2.37. The number of hydrogen-bond donors (Lipinski definition) is 1. The lowest BCUT2D eigenvalue weighted by atomic mass is 10.2. The fourth-order valence-electron chi connectivity index (χ4n) is 2.00. The van der Waals surface area contributed by atoms with E-state index in [9.17, 15) is 22.8 Å². The Labute approximate surface area is 116 Å². The summed E-state index contributed by atoms with van der Waals surface area (Å²) in [5, 5.41) is 9.01. The minimum atomic E-state index is -4.95. The summed E-state index contributed by atoms with van der Waals surface area (Å²) >= 11 is 0. The van der Waals surface area contributed by atoms with Gasteiger partial charge in [0.15, 0.2) is 0 Å². The summed E-state index contributed by atoms with van der Waals surface area (Å²) in [4.78, 5) is 26.4. The summed E-state index contributed by atoms with van der Waals surface area (Å²) in [6.45, 7) is 2.80. The number of carboxylic acid groups (broad SMARTS) is 1. The zero-order chi connectivity index (χ0) is 15.9. The van der Waals surface area contributed by atoms with E-state index in [1.807, 2.05) is 0 Å². The number of carboxylic acids is 1. The number of carbonyl (C=O) groups is 1. The van der Waals surface area contributed by atoms with Crippen molar-refractivity contribution in [2.24, 2.45) is 0 Å². The molecule has 0 spiro atoms. The average molecular weight is 300 g/mol. The molecular formula is C13H11F3N2O3. The van der Waals surface area contributed by atoms with Crippen molar-refractivity contribution < 1.29 is 23.1 Å². The quantitative estimate of drug-likeness (QED) is 0.924. The van der Waals surface area contributed by atoms with Gasteiger partial charge in [0.25, 0.3) is 5.56 Å². The standard InChI is InChI=1S/C13H11F3N2O3/c1-6-3-4-9-8(5-6)17-10(13(14,15)16)11(19)18(9)7(2)12(20)21/h3-5,7H,1-2H3,(H,20,21). The number of alkyl halides is 3. The minimum absolute atomic E-state index is 0.0495. The highest BCUT2D eigenvalue weighted by Crippen LogP contribution is 2.27. The first kappa shape index (κ1) is 15.0. The van der Waals surface area contributed by atoms with Gasteiger partial charge in [0.2, 0.25) is 5.69 Å². The smallest absolute Gasteiger partial charge is 0.438 e. The third-order valence-corrected chi connectivity index (χ3v) is 3.06. The fraction of sp³-hybridized carbons (Fsp3) is 0.308. The zero-order valence-electron chi connectivity index (χ0n) is 11.1. The first-order valence-electron chi connectivity index (χ1n) is 5.96. The number of aromatic nitrogens is 2. The first-order valence-corrected chi connectivity index (χ1v) is 5.96. The number of benzene rings is 1. The van der Waals surface area contributed by atoms with Crippen molar-refractivity contribution in [1.82, 2.24) is 9.55 Å². The molecule has 0 saturated heterocycles. The summed E-state index contributed by atoms with van der Waals surface area (Å²) < 4.78 is 39.3. The van der Waals surface area contributed by atoms with Crippen molar-refractivity contribution in [2.45, 2.75) is 26.1 Å². The van der Waals surface area contributed by atoms with Crippen LogP contribution in [0.15, 0.2) is 23.0 Å². The molecule has 1 heterocycles. The molecule has 0 saturated carbocycles. The largest absolute Gasteiger partial charge is 0.480 e. The molecule has 112 valence electrons. The first-order chi connectivity index (χ1) is 9.62. The molecule has 0 fully saturated rings. The molecule has 1 unspecified atom stereocenters. The van der Waals surface area contributed by atoms with Gasteiger partial charge in [-0.3, -0.25) is 9.36 Å². The van der Waals surface area contributed by atoms with Gasteiger partial charge in [0.1, 0.15) is 6.04 Å². The Kier molecular flexibility index (Phi) is 3.48. The molecule has 1 N–H and O–H groups in total. The van der Waals surface area contributed by atoms with Gasteiger partial charge in [-0.2, -0.15) is 13.2 Å². The molecule has 0 bridgehead atoms.